The van der Waals surface area contributed by atoms with Crippen molar-refractivity contribution in [2.75, 3.05) is 33.2 Å². The standard InChI is InChI=1S/C14H19F3N2/c1-18-6-3-7-19(9-8-18)11-12-4-2-5-13(10-12)14(15,16)17/h2,4-5,10H,3,6-9,11H2,1H3/p+2. The van der Waals surface area contributed by atoms with Crippen LogP contribution in [0.3, 0.4) is 0 Å². The van der Waals surface area contributed by atoms with Gasteiger partial charge in [-0.2, -0.15) is 13.2 Å². The van der Waals surface area contributed by atoms with E-state index in [1.165, 1.54) is 21.9 Å². The van der Waals surface area contributed by atoms with Crippen LogP contribution in [0.2, 0.25) is 0 Å². The highest BCUT2D eigenvalue weighted by Crippen LogP contribution is 2.29. The second-order valence-corrected chi connectivity index (χ2v) is 5.44. The predicted octanol–water partition coefficient (Wildman–Crippen LogP) is 0.00870. The Balaban J connectivity index is 2.02. The van der Waals surface area contributed by atoms with Gasteiger partial charge in [-0.05, 0) is 12.1 Å². The third-order valence-electron chi connectivity index (χ3n) is 3.75. The fraction of sp³-hybridized carbons (Fsp3) is 0.571. The summed E-state index contributed by atoms with van der Waals surface area (Å²) in [5.74, 6) is 0. The third-order valence-corrected chi connectivity index (χ3v) is 3.75. The van der Waals surface area contributed by atoms with Crippen LogP contribution >= 0.6 is 0 Å². The first-order valence-corrected chi connectivity index (χ1v) is 6.76. The minimum Gasteiger partial charge on any atom is -0.333 e. The van der Waals surface area contributed by atoms with Gasteiger partial charge < -0.3 is 9.80 Å². The van der Waals surface area contributed by atoms with Crippen molar-refractivity contribution in [3.63, 3.8) is 0 Å². The topological polar surface area (TPSA) is 8.88 Å². The van der Waals surface area contributed by atoms with Gasteiger partial charge in [0, 0.05) is 12.0 Å². The van der Waals surface area contributed by atoms with Gasteiger partial charge in [0.2, 0.25) is 0 Å². The molecule has 5 heteroatoms. The van der Waals surface area contributed by atoms with Gasteiger partial charge in [0.05, 0.1) is 25.7 Å². The number of benzene rings is 1. The number of hydrogen-bond acceptors (Lipinski definition) is 0. The molecule has 2 N–H and O–H groups in total. The first-order valence-electron chi connectivity index (χ1n) is 6.76. The predicted molar refractivity (Wildman–Crippen MR) is 67.1 cm³/mol. The van der Waals surface area contributed by atoms with Crippen LogP contribution in [0, 0.1) is 0 Å². The fourth-order valence-corrected chi connectivity index (χ4v) is 2.60. The maximum absolute atomic E-state index is 12.7. The van der Waals surface area contributed by atoms with Crippen molar-refractivity contribution in [2.45, 2.75) is 19.1 Å². The van der Waals surface area contributed by atoms with E-state index in [0.717, 1.165) is 44.2 Å². The SMILES string of the molecule is C[NH+]1CCC[NH+](Cc2cccc(C(F)(F)F)c2)CC1. The number of quaternary nitrogens is 2. The minimum absolute atomic E-state index is 0.540. The van der Waals surface area contributed by atoms with Gasteiger partial charge in [-0.25, -0.2) is 0 Å². The summed E-state index contributed by atoms with van der Waals surface area (Å²) >= 11 is 0. The van der Waals surface area contributed by atoms with E-state index in [-0.39, 0.29) is 0 Å². The van der Waals surface area contributed by atoms with Crippen molar-refractivity contribution in [1.82, 2.24) is 0 Å². The molecule has 106 valence electrons. The molecule has 0 aliphatic carbocycles. The molecule has 2 unspecified atom stereocenters. The lowest BCUT2D eigenvalue weighted by atomic mass is 10.1. The molecule has 2 atom stereocenters. The Kier molecular flexibility index (Phi) is 4.47. The monoisotopic (exact) mass is 274 g/mol. The van der Waals surface area contributed by atoms with Crippen LogP contribution in [0.15, 0.2) is 24.3 Å². The molecule has 1 aliphatic rings. The molecular formula is C14H21F3N2+2. The average Bonchev–Trinajstić information content (AvgIpc) is 2.54. The molecule has 1 heterocycles. The van der Waals surface area contributed by atoms with Crippen LogP contribution in [-0.2, 0) is 12.7 Å². The Bertz CT molecular complexity index is 417. The molecule has 1 aromatic carbocycles. The van der Waals surface area contributed by atoms with Crippen molar-refractivity contribution in [1.29, 1.82) is 0 Å². The highest BCUT2D eigenvalue weighted by molar-refractivity contribution is 5.24. The van der Waals surface area contributed by atoms with Crippen LogP contribution in [0.1, 0.15) is 17.5 Å². The largest absolute Gasteiger partial charge is 0.416 e. The van der Waals surface area contributed by atoms with Gasteiger partial charge in [0.15, 0.2) is 0 Å². The van der Waals surface area contributed by atoms with E-state index in [1.54, 1.807) is 6.07 Å². The number of halogens is 3. The molecule has 0 bridgehead atoms. The molecule has 1 saturated heterocycles. The number of alkyl halides is 3. The van der Waals surface area contributed by atoms with E-state index < -0.39 is 11.7 Å². The van der Waals surface area contributed by atoms with Gasteiger partial charge in [0.25, 0.3) is 0 Å². The molecule has 0 spiro atoms. The van der Waals surface area contributed by atoms with Gasteiger partial charge >= 0.3 is 6.18 Å². The first-order chi connectivity index (χ1) is 8.95. The van der Waals surface area contributed by atoms with E-state index in [0.29, 0.717) is 6.54 Å². The summed E-state index contributed by atoms with van der Waals surface area (Å²) in [6.45, 7) is 5.02. The van der Waals surface area contributed by atoms with Crippen LogP contribution in [0.4, 0.5) is 13.2 Å². The van der Waals surface area contributed by atoms with Crippen molar-refractivity contribution < 1.29 is 23.0 Å². The number of likely N-dealkylation sites (N-methyl/N-ethyl adjacent to an activating group) is 1. The average molecular weight is 274 g/mol. The van der Waals surface area contributed by atoms with Crippen LogP contribution in [-0.4, -0.2) is 33.2 Å². The zero-order chi connectivity index (χ0) is 13.9. The molecule has 1 fully saturated rings. The molecule has 2 rings (SSSR count). The van der Waals surface area contributed by atoms with Crippen LogP contribution in [0.5, 0.6) is 0 Å². The lowest BCUT2D eigenvalue weighted by molar-refractivity contribution is -0.938. The molecule has 19 heavy (non-hydrogen) atoms. The Morgan fingerprint density at radius 3 is 2.63 bits per heavy atom. The molecule has 0 amide bonds. The van der Waals surface area contributed by atoms with E-state index in [4.69, 9.17) is 0 Å². The van der Waals surface area contributed by atoms with Crippen molar-refractivity contribution in [3.8, 4) is 0 Å². The molecular weight excluding hydrogens is 253 g/mol. The fourth-order valence-electron chi connectivity index (χ4n) is 2.60. The van der Waals surface area contributed by atoms with Gasteiger partial charge in [-0.3, -0.25) is 0 Å². The highest BCUT2D eigenvalue weighted by Gasteiger charge is 2.30. The minimum atomic E-state index is -4.24. The zero-order valence-electron chi connectivity index (χ0n) is 11.2. The Hall–Kier alpha value is -1.07. The highest BCUT2D eigenvalue weighted by atomic mass is 19.4. The lowest BCUT2D eigenvalue weighted by Gasteiger charge is -2.17. The van der Waals surface area contributed by atoms with E-state index in [2.05, 4.69) is 7.05 Å². The second kappa shape index (κ2) is 5.92. The first kappa shape index (κ1) is 14.3. The summed E-state index contributed by atoms with van der Waals surface area (Å²) < 4.78 is 38.0. The summed E-state index contributed by atoms with van der Waals surface area (Å²) in [5, 5.41) is 0. The van der Waals surface area contributed by atoms with Crippen molar-refractivity contribution >= 4 is 0 Å². The quantitative estimate of drug-likeness (QED) is 0.752. The molecule has 1 aliphatic heterocycles. The number of rotatable bonds is 2. The molecule has 0 saturated carbocycles. The summed E-state index contributed by atoms with van der Waals surface area (Å²) in [4.78, 5) is 2.90. The molecule has 1 aromatic rings. The Labute approximate surface area is 111 Å². The van der Waals surface area contributed by atoms with Gasteiger partial charge in [-0.1, -0.05) is 12.1 Å². The number of nitrogens with one attached hydrogen (secondary N) is 2. The smallest absolute Gasteiger partial charge is 0.333 e. The summed E-state index contributed by atoms with van der Waals surface area (Å²) in [7, 11) is 2.17. The lowest BCUT2D eigenvalue weighted by Crippen LogP contribution is -3.15. The van der Waals surface area contributed by atoms with E-state index in [9.17, 15) is 13.2 Å². The maximum atomic E-state index is 12.7. The third kappa shape index (κ3) is 4.21. The van der Waals surface area contributed by atoms with Crippen molar-refractivity contribution in [3.05, 3.63) is 35.4 Å². The van der Waals surface area contributed by atoms with E-state index in [1.807, 2.05) is 0 Å². The van der Waals surface area contributed by atoms with Crippen molar-refractivity contribution in [2.24, 2.45) is 0 Å². The van der Waals surface area contributed by atoms with Crippen LogP contribution < -0.4 is 9.80 Å². The zero-order valence-corrected chi connectivity index (χ0v) is 11.2. The summed E-state index contributed by atoms with van der Waals surface area (Å²) in [6, 6.07) is 5.73. The summed E-state index contributed by atoms with van der Waals surface area (Å²) in [6.07, 6.45) is -3.10. The maximum Gasteiger partial charge on any atom is 0.416 e. The molecule has 2 nitrogen and oxygen atoms in total. The Morgan fingerprint density at radius 1 is 1.11 bits per heavy atom. The van der Waals surface area contributed by atoms with Gasteiger partial charge in [-0.15, -0.1) is 0 Å². The number of hydrogen-bond donors (Lipinski definition) is 2. The van der Waals surface area contributed by atoms with E-state index >= 15 is 0 Å². The summed E-state index contributed by atoms with van der Waals surface area (Å²) in [5.41, 5.74) is 0.242. The second-order valence-electron chi connectivity index (χ2n) is 5.44. The van der Waals surface area contributed by atoms with Gasteiger partial charge in [0.1, 0.15) is 19.6 Å². The molecule has 0 radical (unpaired) electrons. The molecule has 0 aromatic heterocycles. The van der Waals surface area contributed by atoms with Crippen LogP contribution in [0.25, 0.3) is 0 Å². The Morgan fingerprint density at radius 2 is 1.89 bits per heavy atom. The normalized spacial score (nSPS) is 25.1.